The number of hydrogen-bond donors (Lipinski definition) is 2. The largest absolute Gasteiger partial charge is 0.480 e. The number of carboxylic acid groups (broad SMARTS) is 1. The first kappa shape index (κ1) is 13.0. The molecule has 1 fully saturated rings. The summed E-state index contributed by atoms with van der Waals surface area (Å²) in [7, 11) is 0. The maximum atomic E-state index is 12.5. The van der Waals surface area contributed by atoms with E-state index in [1.165, 1.54) is 4.90 Å². The minimum absolute atomic E-state index is 0.164. The van der Waals surface area contributed by atoms with E-state index in [9.17, 15) is 9.59 Å². The molecular formula is C15H18N2O3. The van der Waals surface area contributed by atoms with Gasteiger partial charge >= 0.3 is 5.97 Å². The fourth-order valence-corrected chi connectivity index (χ4v) is 3.04. The van der Waals surface area contributed by atoms with E-state index in [0.29, 0.717) is 18.5 Å². The Kier molecular flexibility index (Phi) is 3.34. The van der Waals surface area contributed by atoms with E-state index in [0.717, 1.165) is 37.1 Å². The molecule has 0 aliphatic carbocycles. The molecule has 20 heavy (non-hydrogen) atoms. The summed E-state index contributed by atoms with van der Waals surface area (Å²) < 4.78 is 0. The second kappa shape index (κ2) is 5.15. The van der Waals surface area contributed by atoms with Crippen LogP contribution in [-0.4, -0.2) is 41.0 Å². The number of carboxylic acids is 1. The Morgan fingerprint density at radius 2 is 2.15 bits per heavy atom. The van der Waals surface area contributed by atoms with Crippen LogP contribution in [0.1, 0.15) is 35.2 Å². The topological polar surface area (TPSA) is 69.6 Å². The zero-order chi connectivity index (χ0) is 14.1. The lowest BCUT2D eigenvalue weighted by molar-refractivity contribution is -0.141. The summed E-state index contributed by atoms with van der Waals surface area (Å²) in [5.41, 5.74) is 2.83. The predicted molar refractivity (Wildman–Crippen MR) is 74.9 cm³/mol. The summed E-state index contributed by atoms with van der Waals surface area (Å²) in [6.45, 7) is 1.50. The molecule has 106 valence electrons. The number of aliphatic carboxylic acids is 1. The Morgan fingerprint density at radius 1 is 1.30 bits per heavy atom. The van der Waals surface area contributed by atoms with Gasteiger partial charge in [0, 0.05) is 24.3 Å². The fraction of sp³-hybridized carbons (Fsp3) is 0.467. The van der Waals surface area contributed by atoms with Gasteiger partial charge < -0.3 is 15.3 Å². The van der Waals surface area contributed by atoms with Crippen molar-refractivity contribution in [2.45, 2.75) is 31.7 Å². The first-order chi connectivity index (χ1) is 9.66. The molecule has 0 aromatic heterocycles. The van der Waals surface area contributed by atoms with Gasteiger partial charge in [-0.15, -0.1) is 0 Å². The van der Waals surface area contributed by atoms with E-state index in [2.05, 4.69) is 5.32 Å². The molecule has 0 saturated carbocycles. The average Bonchev–Trinajstić information content (AvgIpc) is 2.95. The summed E-state index contributed by atoms with van der Waals surface area (Å²) in [5, 5.41) is 12.5. The fourth-order valence-electron chi connectivity index (χ4n) is 3.04. The summed E-state index contributed by atoms with van der Waals surface area (Å²) in [4.78, 5) is 25.2. The molecule has 2 heterocycles. The van der Waals surface area contributed by atoms with E-state index < -0.39 is 12.0 Å². The molecule has 1 saturated heterocycles. The molecule has 5 heteroatoms. The molecule has 1 amide bonds. The lowest BCUT2D eigenvalue weighted by Crippen LogP contribution is -2.40. The first-order valence-electron chi connectivity index (χ1n) is 7.07. The minimum atomic E-state index is -0.907. The van der Waals surface area contributed by atoms with Crippen molar-refractivity contribution in [3.8, 4) is 0 Å². The Labute approximate surface area is 117 Å². The maximum absolute atomic E-state index is 12.5. The zero-order valence-electron chi connectivity index (χ0n) is 11.3. The number of aryl methyl sites for hydroxylation is 1. The van der Waals surface area contributed by atoms with Gasteiger partial charge in [-0.25, -0.2) is 4.79 Å². The number of fused-ring (bicyclic) bond motifs is 1. The van der Waals surface area contributed by atoms with E-state index in [1.807, 2.05) is 12.1 Å². The van der Waals surface area contributed by atoms with E-state index in [4.69, 9.17) is 5.11 Å². The molecule has 1 aromatic carbocycles. The number of carbonyl (C=O) groups is 2. The second-order valence-electron chi connectivity index (χ2n) is 5.40. The smallest absolute Gasteiger partial charge is 0.326 e. The molecule has 0 bridgehead atoms. The molecule has 2 aliphatic rings. The summed E-state index contributed by atoms with van der Waals surface area (Å²) >= 11 is 0. The number of hydrogen-bond acceptors (Lipinski definition) is 3. The van der Waals surface area contributed by atoms with Crippen molar-refractivity contribution < 1.29 is 14.7 Å². The number of likely N-dealkylation sites (tertiary alicyclic amines) is 1. The van der Waals surface area contributed by atoms with Gasteiger partial charge in [0.1, 0.15) is 6.04 Å². The van der Waals surface area contributed by atoms with Crippen LogP contribution in [0.3, 0.4) is 0 Å². The normalized spacial score (nSPS) is 21.2. The molecular weight excluding hydrogens is 256 g/mol. The molecule has 0 spiro atoms. The molecule has 3 rings (SSSR count). The van der Waals surface area contributed by atoms with Gasteiger partial charge in [0.15, 0.2) is 0 Å². The van der Waals surface area contributed by atoms with Crippen molar-refractivity contribution in [1.82, 2.24) is 4.90 Å². The van der Waals surface area contributed by atoms with Crippen LogP contribution in [-0.2, 0) is 11.2 Å². The molecule has 1 atom stereocenters. The second-order valence-corrected chi connectivity index (χ2v) is 5.40. The number of carbonyl (C=O) groups excluding carboxylic acids is 1. The third kappa shape index (κ3) is 2.24. The van der Waals surface area contributed by atoms with Crippen LogP contribution in [0.5, 0.6) is 0 Å². The van der Waals surface area contributed by atoms with E-state index >= 15 is 0 Å². The Balaban J connectivity index is 1.85. The SMILES string of the molecule is O=C(O)C1CCCN1C(=O)c1ccc2c(c1)CCCN2. The van der Waals surface area contributed by atoms with Crippen LogP contribution in [0.2, 0.25) is 0 Å². The minimum Gasteiger partial charge on any atom is -0.480 e. The van der Waals surface area contributed by atoms with E-state index in [1.54, 1.807) is 6.07 Å². The van der Waals surface area contributed by atoms with Gasteiger partial charge in [0.05, 0.1) is 0 Å². The van der Waals surface area contributed by atoms with Gasteiger partial charge in [0.25, 0.3) is 5.91 Å². The van der Waals surface area contributed by atoms with Crippen molar-refractivity contribution in [1.29, 1.82) is 0 Å². The van der Waals surface area contributed by atoms with Crippen molar-refractivity contribution in [2.24, 2.45) is 0 Å². The highest BCUT2D eigenvalue weighted by atomic mass is 16.4. The molecule has 5 nitrogen and oxygen atoms in total. The summed E-state index contributed by atoms with van der Waals surface area (Å²) in [6, 6.07) is 4.95. The molecule has 1 aromatic rings. The molecule has 2 N–H and O–H groups in total. The van der Waals surface area contributed by atoms with Crippen LogP contribution in [0.25, 0.3) is 0 Å². The van der Waals surface area contributed by atoms with E-state index in [-0.39, 0.29) is 5.91 Å². The lowest BCUT2D eigenvalue weighted by atomic mass is 10.00. The van der Waals surface area contributed by atoms with Crippen molar-refractivity contribution in [3.63, 3.8) is 0 Å². The van der Waals surface area contributed by atoms with Gasteiger partial charge in [-0.05, 0) is 49.4 Å². The number of benzene rings is 1. The monoisotopic (exact) mass is 274 g/mol. The quantitative estimate of drug-likeness (QED) is 0.861. The lowest BCUT2D eigenvalue weighted by Gasteiger charge is -2.23. The summed E-state index contributed by atoms with van der Waals surface area (Å²) in [5.74, 6) is -1.07. The number of nitrogens with one attached hydrogen (secondary N) is 1. The van der Waals surface area contributed by atoms with Crippen LogP contribution >= 0.6 is 0 Å². The maximum Gasteiger partial charge on any atom is 0.326 e. The highest BCUT2D eigenvalue weighted by Crippen LogP contribution is 2.25. The molecule has 0 radical (unpaired) electrons. The molecule has 1 unspecified atom stereocenters. The van der Waals surface area contributed by atoms with Crippen LogP contribution in [0, 0.1) is 0 Å². The number of rotatable bonds is 2. The van der Waals surface area contributed by atoms with Crippen LogP contribution in [0.4, 0.5) is 5.69 Å². The zero-order valence-corrected chi connectivity index (χ0v) is 11.3. The highest BCUT2D eigenvalue weighted by Gasteiger charge is 2.34. The Morgan fingerprint density at radius 3 is 2.95 bits per heavy atom. The van der Waals surface area contributed by atoms with Crippen LogP contribution < -0.4 is 5.32 Å². The first-order valence-corrected chi connectivity index (χ1v) is 7.07. The predicted octanol–water partition coefficient (Wildman–Crippen LogP) is 1.73. The van der Waals surface area contributed by atoms with Gasteiger partial charge in [0.2, 0.25) is 0 Å². The average molecular weight is 274 g/mol. The van der Waals surface area contributed by atoms with Gasteiger partial charge in [-0.2, -0.15) is 0 Å². The van der Waals surface area contributed by atoms with Crippen LogP contribution in [0.15, 0.2) is 18.2 Å². The number of anilines is 1. The Bertz CT molecular complexity index is 556. The third-order valence-corrected chi connectivity index (χ3v) is 4.09. The van der Waals surface area contributed by atoms with Crippen molar-refractivity contribution in [3.05, 3.63) is 29.3 Å². The number of nitrogens with zero attached hydrogens (tertiary/aromatic N) is 1. The third-order valence-electron chi connectivity index (χ3n) is 4.09. The molecule has 2 aliphatic heterocycles. The summed E-state index contributed by atoms with van der Waals surface area (Å²) in [6.07, 6.45) is 3.33. The van der Waals surface area contributed by atoms with Gasteiger partial charge in [-0.1, -0.05) is 0 Å². The Hall–Kier alpha value is -2.04. The highest BCUT2D eigenvalue weighted by molar-refractivity contribution is 5.97. The van der Waals surface area contributed by atoms with Gasteiger partial charge in [-0.3, -0.25) is 4.79 Å². The van der Waals surface area contributed by atoms with Crippen molar-refractivity contribution >= 4 is 17.6 Å². The van der Waals surface area contributed by atoms with Crippen molar-refractivity contribution in [2.75, 3.05) is 18.4 Å². The standard InChI is InChI=1S/C15H18N2O3/c18-14(17-8-2-4-13(17)15(19)20)11-5-6-12-10(9-11)3-1-7-16-12/h5-6,9,13,16H,1-4,7-8H2,(H,19,20). The number of amides is 1.